The Morgan fingerprint density at radius 3 is 2.33 bits per heavy atom. The van der Waals surface area contributed by atoms with E-state index in [9.17, 15) is 8.42 Å². The zero-order valence-corrected chi connectivity index (χ0v) is 8.64. The molecule has 1 aromatic rings. The molecule has 0 aliphatic carbocycles. The molecule has 0 spiro atoms. The number of hydrogen-bond donors (Lipinski definition) is 2. The highest BCUT2D eigenvalue weighted by atomic mass is 79.9. The minimum Gasteiger partial charge on any atom is -0.216 e. The van der Waals surface area contributed by atoms with Crippen LogP contribution in [-0.4, -0.2) is 8.42 Å². The van der Waals surface area contributed by atoms with Crippen molar-refractivity contribution in [1.82, 2.24) is 4.72 Å². The minimum absolute atomic E-state index is 0.353. The van der Waals surface area contributed by atoms with Gasteiger partial charge in [-0.3, -0.25) is 0 Å². The average molecular weight is 250 g/mol. The summed E-state index contributed by atoms with van der Waals surface area (Å²) in [6.45, 7) is 0.353. The molecule has 0 aliphatic heterocycles. The Kier molecular flexibility index (Phi) is 3.71. The first-order chi connectivity index (χ1) is 5.68. The molecular weight excluding hydrogens is 242 g/mol. The van der Waals surface area contributed by atoms with Gasteiger partial charge in [-0.05, 0) is 17.7 Å². The Morgan fingerprint density at radius 2 is 1.83 bits per heavy atom. The average Bonchev–Trinajstić information content (AvgIpc) is 2.03. The summed E-state index contributed by atoms with van der Waals surface area (Å²) in [4.78, 5) is 0. The van der Waals surface area contributed by atoms with E-state index in [2.05, 4.69) is 20.7 Å². The van der Waals surface area contributed by atoms with E-state index in [-0.39, 0.29) is 0 Å². The number of halogens is 1. The van der Waals surface area contributed by atoms with Crippen LogP contribution >= 0.6 is 15.9 Å². The third-order valence-electron chi connectivity index (χ3n) is 1.33. The van der Waals surface area contributed by atoms with Crippen molar-refractivity contribution in [2.75, 3.05) is 0 Å². The third kappa shape index (κ3) is 3.34. The summed E-state index contributed by atoms with van der Waals surface area (Å²) in [6, 6.07) is 7.45. The first kappa shape index (κ1) is 9.70. The maximum Gasteiger partial charge on any atom is 0.201 e. The zero-order chi connectivity index (χ0) is 8.97. The van der Waals surface area contributed by atoms with E-state index in [1.165, 1.54) is 0 Å². The molecule has 0 bridgehead atoms. The summed E-state index contributed by atoms with van der Waals surface area (Å²) in [5, 5.41) is 0. The third-order valence-corrected chi connectivity index (χ3v) is 2.27. The van der Waals surface area contributed by atoms with E-state index in [0.29, 0.717) is 6.54 Å². The number of hydrogen-bond acceptors (Lipinski definition) is 2. The zero-order valence-electron chi connectivity index (χ0n) is 6.16. The molecule has 0 saturated heterocycles. The molecule has 1 aromatic carbocycles. The maximum absolute atomic E-state index is 10.2. The smallest absolute Gasteiger partial charge is 0.201 e. The summed E-state index contributed by atoms with van der Waals surface area (Å²) in [5.41, 5.74) is 0.942. The van der Waals surface area contributed by atoms with Gasteiger partial charge in [0.05, 0.1) is 0 Å². The van der Waals surface area contributed by atoms with Gasteiger partial charge in [0.15, 0.2) is 0 Å². The summed E-state index contributed by atoms with van der Waals surface area (Å²) in [5.74, 6) is 0. The van der Waals surface area contributed by atoms with Crippen LogP contribution in [0.1, 0.15) is 5.56 Å². The van der Waals surface area contributed by atoms with Gasteiger partial charge < -0.3 is 0 Å². The normalized spacial score (nSPS) is 10.5. The molecule has 5 heteroatoms. The fraction of sp³-hybridized carbons (Fsp3) is 0.143. The highest BCUT2D eigenvalue weighted by Crippen LogP contribution is 2.09. The predicted octanol–water partition coefficient (Wildman–Crippen LogP) is 1.07. The fourth-order valence-corrected chi connectivity index (χ4v) is 1.33. The highest BCUT2D eigenvalue weighted by molar-refractivity contribution is 9.10. The molecule has 3 nitrogen and oxygen atoms in total. The first-order valence-electron chi connectivity index (χ1n) is 3.31. The molecule has 0 amide bonds. The predicted molar refractivity (Wildman–Crippen MR) is 51.3 cm³/mol. The van der Waals surface area contributed by atoms with Crippen LogP contribution in [0.2, 0.25) is 0 Å². The SMILES string of the molecule is O=[SH](=O)NCc1ccc(Br)cc1. The lowest BCUT2D eigenvalue weighted by Gasteiger charge is -1.97. The van der Waals surface area contributed by atoms with Gasteiger partial charge in [0.25, 0.3) is 0 Å². The molecule has 0 aromatic heterocycles. The Hall–Kier alpha value is -0.390. The van der Waals surface area contributed by atoms with Crippen LogP contribution in [0.25, 0.3) is 0 Å². The Bertz CT molecular complexity index is 313. The molecular formula is C7H8BrNO2S. The summed E-state index contributed by atoms with van der Waals surface area (Å²) in [6.07, 6.45) is 0. The molecule has 0 heterocycles. The van der Waals surface area contributed by atoms with Crippen LogP contribution in [0, 0.1) is 0 Å². The van der Waals surface area contributed by atoms with Gasteiger partial charge in [-0.2, -0.15) is 0 Å². The van der Waals surface area contributed by atoms with Crippen molar-refractivity contribution in [2.45, 2.75) is 6.54 Å². The molecule has 0 saturated carbocycles. The van der Waals surface area contributed by atoms with Crippen LogP contribution in [0.15, 0.2) is 28.7 Å². The Balaban J connectivity index is 2.59. The molecule has 66 valence electrons. The standard InChI is InChI=1S/C7H8BrNO2S/c8-7-3-1-6(2-4-7)5-9-12(10)11/h1-4,12H,5H2,(H,9,10,11). The number of thiol groups is 1. The summed E-state index contributed by atoms with van der Waals surface area (Å²) < 4.78 is 23.6. The van der Waals surface area contributed by atoms with Gasteiger partial charge in [-0.15, -0.1) is 0 Å². The van der Waals surface area contributed by atoms with Gasteiger partial charge in [0, 0.05) is 11.0 Å². The minimum atomic E-state index is -2.49. The van der Waals surface area contributed by atoms with Gasteiger partial charge in [-0.1, -0.05) is 28.1 Å². The maximum atomic E-state index is 10.2. The first-order valence-corrected chi connectivity index (χ1v) is 5.28. The van der Waals surface area contributed by atoms with Crippen LogP contribution in [-0.2, 0) is 17.4 Å². The second-order valence-electron chi connectivity index (χ2n) is 2.22. The lowest BCUT2D eigenvalue weighted by molar-refractivity contribution is 0.601. The summed E-state index contributed by atoms with van der Waals surface area (Å²) in [7, 11) is -2.49. The lowest BCUT2D eigenvalue weighted by atomic mass is 10.2. The summed E-state index contributed by atoms with van der Waals surface area (Å²) >= 11 is 3.29. The molecule has 0 atom stereocenters. The van der Waals surface area contributed by atoms with Crippen molar-refractivity contribution in [3.63, 3.8) is 0 Å². The largest absolute Gasteiger partial charge is 0.216 e. The quantitative estimate of drug-likeness (QED) is 0.788. The van der Waals surface area contributed by atoms with Crippen molar-refractivity contribution in [3.8, 4) is 0 Å². The highest BCUT2D eigenvalue weighted by Gasteiger charge is 1.91. The van der Waals surface area contributed by atoms with Crippen molar-refractivity contribution >= 4 is 26.8 Å². The second-order valence-corrected chi connectivity index (χ2v) is 3.96. The van der Waals surface area contributed by atoms with Crippen molar-refractivity contribution in [2.24, 2.45) is 0 Å². The van der Waals surface area contributed by atoms with Crippen LogP contribution in [0.3, 0.4) is 0 Å². The topological polar surface area (TPSA) is 46.2 Å². The van der Waals surface area contributed by atoms with Crippen molar-refractivity contribution in [1.29, 1.82) is 0 Å². The molecule has 12 heavy (non-hydrogen) atoms. The van der Waals surface area contributed by atoms with Gasteiger partial charge in [-0.25, -0.2) is 13.1 Å². The molecule has 0 unspecified atom stereocenters. The van der Waals surface area contributed by atoms with E-state index < -0.39 is 10.9 Å². The Morgan fingerprint density at radius 1 is 1.25 bits per heavy atom. The van der Waals surface area contributed by atoms with E-state index in [0.717, 1.165) is 10.0 Å². The molecule has 1 rings (SSSR count). The van der Waals surface area contributed by atoms with Crippen molar-refractivity contribution < 1.29 is 8.42 Å². The van der Waals surface area contributed by atoms with E-state index in [1.54, 1.807) is 0 Å². The van der Waals surface area contributed by atoms with Gasteiger partial charge in [0.2, 0.25) is 10.9 Å². The second kappa shape index (κ2) is 4.59. The van der Waals surface area contributed by atoms with E-state index >= 15 is 0 Å². The number of nitrogens with one attached hydrogen (secondary N) is 1. The molecule has 0 aliphatic rings. The van der Waals surface area contributed by atoms with Gasteiger partial charge >= 0.3 is 0 Å². The van der Waals surface area contributed by atoms with E-state index in [1.807, 2.05) is 24.3 Å². The fourth-order valence-electron chi connectivity index (χ4n) is 0.758. The van der Waals surface area contributed by atoms with Crippen LogP contribution < -0.4 is 4.72 Å². The van der Waals surface area contributed by atoms with Crippen molar-refractivity contribution in [3.05, 3.63) is 34.3 Å². The Labute approximate surface area is 81.0 Å². The lowest BCUT2D eigenvalue weighted by Crippen LogP contribution is -2.09. The number of benzene rings is 1. The molecule has 0 radical (unpaired) electrons. The monoisotopic (exact) mass is 249 g/mol. The van der Waals surface area contributed by atoms with Gasteiger partial charge in [0.1, 0.15) is 0 Å². The molecule has 1 N–H and O–H groups in total. The van der Waals surface area contributed by atoms with Crippen LogP contribution in [0.4, 0.5) is 0 Å². The van der Waals surface area contributed by atoms with Crippen LogP contribution in [0.5, 0.6) is 0 Å². The molecule has 0 fully saturated rings. The number of rotatable bonds is 3. The van der Waals surface area contributed by atoms with E-state index in [4.69, 9.17) is 0 Å².